The van der Waals surface area contributed by atoms with Crippen molar-refractivity contribution in [3.05, 3.63) is 80.4 Å². The monoisotopic (exact) mass is 539 g/mol. The number of benzene rings is 2. The summed E-state index contributed by atoms with van der Waals surface area (Å²) in [5, 5.41) is 2.86. The molecule has 14 heteroatoms. The molecule has 3 aromatic rings. The van der Waals surface area contributed by atoms with E-state index >= 15 is 0 Å². The molecule has 0 atom stereocenters. The van der Waals surface area contributed by atoms with Crippen molar-refractivity contribution in [3.8, 4) is 11.6 Å². The summed E-state index contributed by atoms with van der Waals surface area (Å²) >= 11 is 17.9. The van der Waals surface area contributed by atoms with Crippen LogP contribution in [0, 0.1) is 11.6 Å². The second-order valence-corrected chi connectivity index (χ2v) is 7.52. The van der Waals surface area contributed by atoms with E-state index in [4.69, 9.17) is 39.5 Å². The van der Waals surface area contributed by atoms with E-state index in [1.165, 1.54) is 12.1 Å². The Morgan fingerprint density at radius 2 is 1.62 bits per heavy atom. The predicted molar refractivity (Wildman–Crippen MR) is 114 cm³/mol. The molecule has 1 heterocycles. The van der Waals surface area contributed by atoms with E-state index in [2.05, 4.69) is 10.3 Å². The molecule has 1 aromatic heterocycles. The number of halogens is 8. The number of carbonyl (C=O) groups excluding carboxylic acids is 2. The topological polar surface area (TPSA) is 80.3 Å². The Morgan fingerprint density at radius 3 is 2.21 bits per heavy atom. The lowest BCUT2D eigenvalue weighted by Gasteiger charge is -2.14. The van der Waals surface area contributed by atoms with Crippen LogP contribution in [0.15, 0.2) is 42.6 Å². The van der Waals surface area contributed by atoms with Gasteiger partial charge in [0.15, 0.2) is 0 Å². The Morgan fingerprint density at radius 1 is 0.971 bits per heavy atom. The van der Waals surface area contributed by atoms with Crippen molar-refractivity contribution < 1.29 is 36.3 Å². The highest BCUT2D eigenvalue weighted by Crippen LogP contribution is 2.41. The minimum Gasteiger partial charge on any atom is -0.436 e. The zero-order chi connectivity index (χ0) is 25.2. The van der Waals surface area contributed by atoms with Gasteiger partial charge in [0.25, 0.3) is 5.91 Å². The molecular formula is C20H9Cl3F5N3O3. The maximum Gasteiger partial charge on any atom is 0.417 e. The molecule has 0 bridgehead atoms. The SMILES string of the molecule is O=C(NC(=O)c1c(F)cccc1F)Nc1ccc(Oc2ncc(C(F)(F)F)cc2Cl)c(Cl)c1Cl. The van der Waals surface area contributed by atoms with Gasteiger partial charge in [0.1, 0.15) is 33.0 Å². The van der Waals surface area contributed by atoms with E-state index in [0.717, 1.165) is 18.2 Å². The van der Waals surface area contributed by atoms with Crippen molar-refractivity contribution in [2.45, 2.75) is 6.18 Å². The van der Waals surface area contributed by atoms with Crippen LogP contribution in [0.2, 0.25) is 15.1 Å². The molecule has 0 unspecified atom stereocenters. The summed E-state index contributed by atoms with van der Waals surface area (Å²) in [6, 6.07) is 4.49. The van der Waals surface area contributed by atoms with Gasteiger partial charge >= 0.3 is 12.2 Å². The van der Waals surface area contributed by atoms with E-state index in [1.807, 2.05) is 0 Å². The van der Waals surface area contributed by atoms with Crippen LogP contribution in [0.25, 0.3) is 0 Å². The van der Waals surface area contributed by atoms with Crippen LogP contribution in [-0.2, 0) is 6.18 Å². The quantitative estimate of drug-likeness (QED) is 0.346. The van der Waals surface area contributed by atoms with Crippen molar-refractivity contribution in [3.63, 3.8) is 0 Å². The van der Waals surface area contributed by atoms with Crippen molar-refractivity contribution in [1.82, 2.24) is 10.3 Å². The molecule has 0 aliphatic rings. The fourth-order valence-corrected chi connectivity index (χ4v) is 3.11. The van der Waals surface area contributed by atoms with Crippen LogP contribution in [-0.4, -0.2) is 16.9 Å². The lowest BCUT2D eigenvalue weighted by Crippen LogP contribution is -2.35. The molecule has 178 valence electrons. The number of urea groups is 1. The maximum atomic E-state index is 13.7. The molecule has 0 spiro atoms. The number of alkyl halides is 3. The standard InChI is InChI=1S/C20H9Cl3F5N3O3/c21-9-6-8(20(26,27)28)7-29-18(9)34-13-5-4-12(15(22)16(13)23)30-19(33)31-17(32)14-10(24)2-1-3-11(14)25/h1-7H,(H2,30,31,32,33). The van der Waals surface area contributed by atoms with E-state index in [9.17, 15) is 31.5 Å². The molecule has 6 nitrogen and oxygen atoms in total. The summed E-state index contributed by atoms with van der Waals surface area (Å²) in [5.74, 6) is -4.27. The molecular weight excluding hydrogens is 532 g/mol. The van der Waals surface area contributed by atoms with Gasteiger partial charge in [-0.2, -0.15) is 13.2 Å². The molecule has 3 amide bonds. The number of hydrogen-bond donors (Lipinski definition) is 2. The van der Waals surface area contributed by atoms with Crippen molar-refractivity contribution in [1.29, 1.82) is 0 Å². The fourth-order valence-electron chi connectivity index (χ4n) is 2.50. The summed E-state index contributed by atoms with van der Waals surface area (Å²) < 4.78 is 70.8. The summed E-state index contributed by atoms with van der Waals surface area (Å²) in [6.45, 7) is 0. The lowest BCUT2D eigenvalue weighted by atomic mass is 10.2. The number of pyridine rings is 1. The molecule has 2 N–H and O–H groups in total. The first-order chi connectivity index (χ1) is 15.9. The van der Waals surface area contributed by atoms with E-state index in [1.54, 1.807) is 5.32 Å². The predicted octanol–water partition coefficient (Wildman–Crippen LogP) is 7.09. The second kappa shape index (κ2) is 10.00. The van der Waals surface area contributed by atoms with Crippen LogP contribution >= 0.6 is 34.8 Å². The fraction of sp³-hybridized carbons (Fsp3) is 0.0500. The summed E-state index contributed by atoms with van der Waals surface area (Å²) in [7, 11) is 0. The molecule has 0 saturated carbocycles. The number of amides is 3. The van der Waals surface area contributed by atoms with Gasteiger partial charge in [-0.1, -0.05) is 40.9 Å². The van der Waals surface area contributed by atoms with Gasteiger partial charge in [-0.15, -0.1) is 0 Å². The highest BCUT2D eigenvalue weighted by molar-refractivity contribution is 6.45. The number of imide groups is 1. The first-order valence-electron chi connectivity index (χ1n) is 8.83. The molecule has 2 aromatic carbocycles. The molecule has 0 fully saturated rings. The van der Waals surface area contributed by atoms with E-state index in [0.29, 0.717) is 12.3 Å². The van der Waals surface area contributed by atoms with Gasteiger partial charge in [-0.05, 0) is 30.3 Å². The normalized spacial score (nSPS) is 11.2. The van der Waals surface area contributed by atoms with Gasteiger partial charge in [-0.3, -0.25) is 10.1 Å². The average Bonchev–Trinajstić information content (AvgIpc) is 2.73. The van der Waals surface area contributed by atoms with Crippen molar-refractivity contribution in [2.75, 3.05) is 5.32 Å². The third-order valence-corrected chi connectivity index (χ3v) is 5.19. The number of ether oxygens (including phenoxy) is 1. The highest BCUT2D eigenvalue weighted by Gasteiger charge is 2.32. The van der Waals surface area contributed by atoms with Gasteiger partial charge in [-0.25, -0.2) is 18.6 Å². The first-order valence-corrected chi connectivity index (χ1v) is 9.96. The number of nitrogens with one attached hydrogen (secondary N) is 2. The minimum atomic E-state index is -4.66. The number of carbonyl (C=O) groups is 2. The zero-order valence-electron chi connectivity index (χ0n) is 16.2. The zero-order valence-corrected chi connectivity index (χ0v) is 18.5. The summed E-state index contributed by atoms with van der Waals surface area (Å²) in [4.78, 5) is 27.6. The number of aromatic nitrogens is 1. The van der Waals surface area contributed by atoms with Crippen LogP contribution in [0.3, 0.4) is 0 Å². The number of hydrogen-bond acceptors (Lipinski definition) is 4. The number of anilines is 1. The largest absolute Gasteiger partial charge is 0.436 e. The number of nitrogens with zero attached hydrogens (tertiary/aromatic N) is 1. The highest BCUT2D eigenvalue weighted by atomic mass is 35.5. The molecule has 3 rings (SSSR count). The second-order valence-electron chi connectivity index (χ2n) is 6.35. The molecule has 0 saturated heterocycles. The Hall–Kier alpha value is -3.15. The average molecular weight is 541 g/mol. The van der Waals surface area contributed by atoms with Crippen LogP contribution < -0.4 is 15.4 Å². The van der Waals surface area contributed by atoms with Crippen molar-refractivity contribution >= 4 is 52.4 Å². The molecule has 34 heavy (non-hydrogen) atoms. The Kier molecular flexibility index (Phi) is 7.49. The van der Waals surface area contributed by atoms with Crippen LogP contribution in [0.4, 0.5) is 32.4 Å². The number of rotatable bonds is 4. The van der Waals surface area contributed by atoms with Gasteiger partial charge < -0.3 is 10.1 Å². The van der Waals surface area contributed by atoms with Crippen LogP contribution in [0.5, 0.6) is 11.6 Å². The van der Waals surface area contributed by atoms with Gasteiger partial charge in [0, 0.05) is 6.20 Å². The van der Waals surface area contributed by atoms with Gasteiger partial charge in [0.2, 0.25) is 5.88 Å². The van der Waals surface area contributed by atoms with Crippen molar-refractivity contribution in [2.24, 2.45) is 0 Å². The Labute approximate surface area is 202 Å². The maximum absolute atomic E-state index is 13.7. The summed E-state index contributed by atoms with van der Waals surface area (Å²) in [6.07, 6.45) is -4.16. The first kappa shape index (κ1) is 25.5. The lowest BCUT2D eigenvalue weighted by molar-refractivity contribution is -0.137. The molecule has 0 aliphatic heterocycles. The molecule has 0 radical (unpaired) electrons. The smallest absolute Gasteiger partial charge is 0.417 e. The Balaban J connectivity index is 1.74. The third kappa shape index (κ3) is 5.66. The van der Waals surface area contributed by atoms with Gasteiger partial charge in [0.05, 0.1) is 16.3 Å². The van der Waals surface area contributed by atoms with E-state index < -0.39 is 51.8 Å². The third-order valence-electron chi connectivity index (χ3n) is 4.05. The Bertz CT molecular complexity index is 1270. The summed E-state index contributed by atoms with van der Waals surface area (Å²) in [5.41, 5.74) is -2.19. The van der Waals surface area contributed by atoms with Crippen LogP contribution in [0.1, 0.15) is 15.9 Å². The van der Waals surface area contributed by atoms with E-state index in [-0.39, 0.29) is 21.5 Å². The molecule has 0 aliphatic carbocycles. The minimum absolute atomic E-state index is 0.134.